The molecule has 0 aromatic heterocycles. The van der Waals surface area contributed by atoms with Gasteiger partial charge in [-0.05, 0) is 32.3 Å². The lowest BCUT2D eigenvalue weighted by molar-refractivity contribution is -0.151. The molecule has 0 radical (unpaired) electrons. The summed E-state index contributed by atoms with van der Waals surface area (Å²) in [4.78, 5) is 23.4. The topological polar surface area (TPSA) is 75.6 Å². The molecule has 21 heavy (non-hydrogen) atoms. The Balaban J connectivity index is 2.09. The highest BCUT2D eigenvalue weighted by molar-refractivity contribution is 6.32. The quantitative estimate of drug-likeness (QED) is 0.846. The van der Waals surface area contributed by atoms with Crippen molar-refractivity contribution in [1.82, 2.24) is 5.32 Å². The lowest BCUT2D eigenvalue weighted by Gasteiger charge is -2.38. The Bertz CT molecular complexity index is 555. The first-order valence-corrected chi connectivity index (χ1v) is 7.31. The summed E-state index contributed by atoms with van der Waals surface area (Å²) in [5.74, 6) is -0.826. The number of carbonyl (C=O) groups excluding carboxylic acids is 1. The van der Waals surface area contributed by atoms with Crippen molar-refractivity contribution in [3.63, 3.8) is 0 Å². The lowest BCUT2D eigenvalue weighted by Crippen LogP contribution is -2.59. The van der Waals surface area contributed by atoms with Gasteiger partial charge in [-0.15, -0.1) is 0 Å². The van der Waals surface area contributed by atoms with Crippen LogP contribution in [0, 0.1) is 0 Å². The molecule has 1 aliphatic carbocycles. The number of carboxylic acid groups (broad SMARTS) is 1. The van der Waals surface area contributed by atoms with Gasteiger partial charge in [0.1, 0.15) is 11.3 Å². The van der Waals surface area contributed by atoms with E-state index in [1.807, 2.05) is 6.92 Å². The summed E-state index contributed by atoms with van der Waals surface area (Å²) in [6.07, 6.45) is 1.81. The summed E-state index contributed by atoms with van der Waals surface area (Å²) in [6.45, 7) is 2.28. The predicted octanol–water partition coefficient (Wildman–Crippen LogP) is 2.40. The summed E-state index contributed by atoms with van der Waals surface area (Å²) in [6, 6.07) is 5.19. The van der Waals surface area contributed by atoms with Gasteiger partial charge < -0.3 is 15.2 Å². The number of carbonyl (C=O) groups is 2. The molecular formula is C15H18ClNO4. The van der Waals surface area contributed by atoms with Gasteiger partial charge in [0.2, 0.25) is 5.91 Å². The molecule has 0 bridgehead atoms. The molecule has 1 saturated carbocycles. The van der Waals surface area contributed by atoms with Gasteiger partial charge in [0.05, 0.1) is 18.1 Å². The molecule has 1 aliphatic rings. The highest BCUT2D eigenvalue weighted by Crippen LogP contribution is 2.33. The Morgan fingerprint density at radius 1 is 1.43 bits per heavy atom. The van der Waals surface area contributed by atoms with Crippen LogP contribution < -0.4 is 10.1 Å². The van der Waals surface area contributed by atoms with Crippen molar-refractivity contribution in [2.75, 3.05) is 6.61 Å². The van der Waals surface area contributed by atoms with E-state index in [1.54, 1.807) is 18.2 Å². The third kappa shape index (κ3) is 3.29. The molecular weight excluding hydrogens is 294 g/mol. The van der Waals surface area contributed by atoms with Gasteiger partial charge in [-0.1, -0.05) is 23.7 Å². The summed E-state index contributed by atoms with van der Waals surface area (Å²) in [7, 11) is 0. The highest BCUT2D eigenvalue weighted by atomic mass is 35.5. The first kappa shape index (κ1) is 15.6. The average molecular weight is 312 g/mol. The standard InChI is InChI=1S/C15H18ClNO4/c1-2-21-13-10(5-3-6-11(13)16)9-12(18)17-15(14(19)20)7-4-8-15/h3,5-6H,2,4,7-9H2,1H3,(H,17,18)(H,19,20). The van der Waals surface area contributed by atoms with Crippen LogP contribution in [0.15, 0.2) is 18.2 Å². The molecule has 1 fully saturated rings. The van der Waals surface area contributed by atoms with Crippen molar-refractivity contribution in [3.8, 4) is 5.75 Å². The molecule has 0 heterocycles. The number of carboxylic acids is 1. The number of para-hydroxylation sites is 1. The van der Waals surface area contributed by atoms with Crippen LogP contribution in [0.1, 0.15) is 31.7 Å². The second-order valence-electron chi connectivity index (χ2n) is 5.13. The number of nitrogens with one attached hydrogen (secondary N) is 1. The fourth-order valence-corrected chi connectivity index (χ4v) is 2.65. The Hall–Kier alpha value is -1.75. The molecule has 2 N–H and O–H groups in total. The zero-order valence-corrected chi connectivity index (χ0v) is 12.6. The number of amides is 1. The first-order chi connectivity index (χ1) is 9.98. The third-order valence-corrected chi connectivity index (χ3v) is 3.98. The maximum absolute atomic E-state index is 12.1. The van der Waals surface area contributed by atoms with E-state index in [2.05, 4.69) is 5.32 Å². The minimum Gasteiger partial charge on any atom is -0.492 e. The van der Waals surface area contributed by atoms with Gasteiger partial charge in [-0.3, -0.25) is 4.79 Å². The molecule has 0 spiro atoms. The average Bonchev–Trinajstić information content (AvgIpc) is 2.37. The molecule has 1 aromatic rings. The van der Waals surface area contributed by atoms with Crippen molar-refractivity contribution in [3.05, 3.63) is 28.8 Å². The van der Waals surface area contributed by atoms with E-state index >= 15 is 0 Å². The van der Waals surface area contributed by atoms with Crippen LogP contribution in [0.3, 0.4) is 0 Å². The second-order valence-corrected chi connectivity index (χ2v) is 5.53. The lowest BCUT2D eigenvalue weighted by atomic mass is 9.76. The number of benzene rings is 1. The molecule has 0 aliphatic heterocycles. The van der Waals surface area contributed by atoms with Crippen molar-refractivity contribution < 1.29 is 19.4 Å². The van der Waals surface area contributed by atoms with Gasteiger partial charge in [0.15, 0.2) is 0 Å². The van der Waals surface area contributed by atoms with Gasteiger partial charge >= 0.3 is 5.97 Å². The fraction of sp³-hybridized carbons (Fsp3) is 0.467. The normalized spacial score (nSPS) is 15.9. The Morgan fingerprint density at radius 3 is 2.67 bits per heavy atom. The Kier molecular flexibility index (Phi) is 4.73. The monoisotopic (exact) mass is 311 g/mol. The van der Waals surface area contributed by atoms with E-state index in [-0.39, 0.29) is 12.3 Å². The number of hydrogen-bond acceptors (Lipinski definition) is 3. The van der Waals surface area contributed by atoms with E-state index in [9.17, 15) is 14.7 Å². The van der Waals surface area contributed by atoms with Crippen LogP contribution >= 0.6 is 11.6 Å². The second kappa shape index (κ2) is 6.35. The van der Waals surface area contributed by atoms with Crippen molar-refractivity contribution >= 4 is 23.5 Å². The largest absolute Gasteiger partial charge is 0.492 e. The third-order valence-electron chi connectivity index (χ3n) is 3.68. The van der Waals surface area contributed by atoms with Crippen molar-refractivity contribution in [2.45, 2.75) is 38.1 Å². The summed E-state index contributed by atoms with van der Waals surface area (Å²) >= 11 is 6.06. The predicted molar refractivity (Wildman–Crippen MR) is 78.7 cm³/mol. The summed E-state index contributed by atoms with van der Waals surface area (Å²) in [5.41, 5.74) is -0.441. The van der Waals surface area contributed by atoms with E-state index in [0.717, 1.165) is 6.42 Å². The minimum absolute atomic E-state index is 0.0466. The first-order valence-electron chi connectivity index (χ1n) is 6.93. The van der Waals surface area contributed by atoms with Crippen LogP contribution in [-0.4, -0.2) is 29.1 Å². The zero-order valence-electron chi connectivity index (χ0n) is 11.8. The van der Waals surface area contributed by atoms with E-state index in [0.29, 0.717) is 35.8 Å². The van der Waals surface area contributed by atoms with Gasteiger partial charge in [0, 0.05) is 5.56 Å². The molecule has 114 valence electrons. The molecule has 0 saturated heterocycles. The highest BCUT2D eigenvalue weighted by Gasteiger charge is 2.45. The van der Waals surface area contributed by atoms with Crippen LogP contribution in [0.2, 0.25) is 5.02 Å². The fourth-order valence-electron chi connectivity index (χ4n) is 2.41. The maximum Gasteiger partial charge on any atom is 0.329 e. The molecule has 6 heteroatoms. The number of ether oxygens (including phenoxy) is 1. The smallest absolute Gasteiger partial charge is 0.329 e. The number of rotatable bonds is 6. The molecule has 5 nitrogen and oxygen atoms in total. The van der Waals surface area contributed by atoms with Crippen LogP contribution in [0.25, 0.3) is 0 Å². The van der Waals surface area contributed by atoms with Crippen LogP contribution in [0.4, 0.5) is 0 Å². The molecule has 0 atom stereocenters. The van der Waals surface area contributed by atoms with Gasteiger partial charge in [-0.25, -0.2) is 4.79 Å². The SMILES string of the molecule is CCOc1c(Cl)cccc1CC(=O)NC1(C(=O)O)CCC1. The molecule has 0 unspecified atom stereocenters. The molecule has 1 amide bonds. The molecule has 2 rings (SSSR count). The van der Waals surface area contributed by atoms with E-state index < -0.39 is 11.5 Å². The zero-order chi connectivity index (χ0) is 15.5. The van der Waals surface area contributed by atoms with Crippen LogP contribution in [-0.2, 0) is 16.0 Å². The van der Waals surface area contributed by atoms with E-state index in [4.69, 9.17) is 16.3 Å². The number of hydrogen-bond donors (Lipinski definition) is 2. The van der Waals surface area contributed by atoms with Crippen molar-refractivity contribution in [1.29, 1.82) is 0 Å². The van der Waals surface area contributed by atoms with Gasteiger partial charge in [0.25, 0.3) is 0 Å². The molecule has 1 aromatic carbocycles. The summed E-state index contributed by atoms with van der Waals surface area (Å²) in [5, 5.41) is 12.3. The van der Waals surface area contributed by atoms with E-state index in [1.165, 1.54) is 0 Å². The summed E-state index contributed by atoms with van der Waals surface area (Å²) < 4.78 is 5.46. The number of halogens is 1. The number of aliphatic carboxylic acids is 1. The van der Waals surface area contributed by atoms with Crippen LogP contribution in [0.5, 0.6) is 5.75 Å². The Labute approximate surface area is 128 Å². The van der Waals surface area contributed by atoms with Crippen molar-refractivity contribution in [2.24, 2.45) is 0 Å². The minimum atomic E-state index is -1.10. The maximum atomic E-state index is 12.1. The van der Waals surface area contributed by atoms with Gasteiger partial charge in [-0.2, -0.15) is 0 Å². The Morgan fingerprint density at radius 2 is 2.14 bits per heavy atom.